The van der Waals surface area contributed by atoms with Crippen molar-refractivity contribution >= 4 is 11.6 Å². The fourth-order valence-corrected chi connectivity index (χ4v) is 0.665. The minimum absolute atomic E-state index is 0.380. The quantitative estimate of drug-likeness (QED) is 0.397. The molecule has 0 aliphatic carbocycles. The highest BCUT2D eigenvalue weighted by atomic mass is 35.5. The fraction of sp³-hybridized carbons (Fsp3) is 1.00. The van der Waals surface area contributed by atoms with Gasteiger partial charge in [0.25, 0.3) is 5.97 Å². The summed E-state index contributed by atoms with van der Waals surface area (Å²) in [6.45, 7) is 1.83. The Labute approximate surface area is 58.9 Å². The molecule has 0 radical (unpaired) electrons. The third-order valence-electron chi connectivity index (χ3n) is 0.962. The summed E-state index contributed by atoms with van der Waals surface area (Å²) in [6, 6.07) is 0. The van der Waals surface area contributed by atoms with Crippen molar-refractivity contribution in [2.24, 2.45) is 0 Å². The molecule has 4 heteroatoms. The van der Waals surface area contributed by atoms with E-state index in [-0.39, 0.29) is 0 Å². The molecule has 0 fully saturated rings. The van der Waals surface area contributed by atoms with Gasteiger partial charge < -0.3 is 15.3 Å². The summed E-state index contributed by atoms with van der Waals surface area (Å²) in [4.78, 5) is 0. The lowest BCUT2D eigenvalue weighted by atomic mass is 10.2. The molecule has 0 saturated heterocycles. The highest BCUT2D eigenvalue weighted by Crippen LogP contribution is 2.14. The Morgan fingerprint density at radius 2 is 1.89 bits per heavy atom. The van der Waals surface area contributed by atoms with Gasteiger partial charge in [-0.3, -0.25) is 0 Å². The van der Waals surface area contributed by atoms with Gasteiger partial charge in [0.15, 0.2) is 0 Å². The van der Waals surface area contributed by atoms with Gasteiger partial charge in [-0.05, 0) is 6.42 Å². The van der Waals surface area contributed by atoms with Gasteiger partial charge in [0.2, 0.25) is 0 Å². The summed E-state index contributed by atoms with van der Waals surface area (Å²) in [5, 5.41) is 24.2. The van der Waals surface area contributed by atoms with E-state index >= 15 is 0 Å². The standard InChI is InChI=1S/C5H11ClO3/c1-2-3-4(6)5(7,8)9/h4,7-9H,2-3H2,1H3. The lowest BCUT2D eigenvalue weighted by molar-refractivity contribution is -0.311. The van der Waals surface area contributed by atoms with E-state index in [4.69, 9.17) is 26.9 Å². The van der Waals surface area contributed by atoms with E-state index in [2.05, 4.69) is 0 Å². The summed E-state index contributed by atoms with van der Waals surface area (Å²) >= 11 is 5.31. The molecule has 1 atom stereocenters. The van der Waals surface area contributed by atoms with Crippen LogP contribution in [0.3, 0.4) is 0 Å². The van der Waals surface area contributed by atoms with Crippen LogP contribution in [-0.2, 0) is 0 Å². The molecule has 0 rings (SSSR count). The van der Waals surface area contributed by atoms with E-state index in [9.17, 15) is 0 Å². The van der Waals surface area contributed by atoms with Gasteiger partial charge in [0.1, 0.15) is 5.38 Å². The molecular weight excluding hydrogens is 144 g/mol. The summed E-state index contributed by atoms with van der Waals surface area (Å²) in [7, 11) is 0. The van der Waals surface area contributed by atoms with E-state index in [1.54, 1.807) is 0 Å². The average molecular weight is 155 g/mol. The summed E-state index contributed by atoms with van der Waals surface area (Å²) < 4.78 is 0. The van der Waals surface area contributed by atoms with Gasteiger partial charge in [-0.15, -0.1) is 11.6 Å². The maximum atomic E-state index is 8.40. The van der Waals surface area contributed by atoms with Crippen molar-refractivity contribution in [2.75, 3.05) is 0 Å². The summed E-state index contributed by atoms with van der Waals surface area (Å²) in [5.74, 6) is -2.72. The third kappa shape index (κ3) is 3.70. The second-order valence-corrected chi connectivity index (χ2v) is 2.47. The molecule has 0 spiro atoms. The van der Waals surface area contributed by atoms with Crippen LogP contribution in [0.25, 0.3) is 0 Å². The van der Waals surface area contributed by atoms with Crippen molar-refractivity contribution < 1.29 is 15.3 Å². The SMILES string of the molecule is CCCC(Cl)C(O)(O)O. The number of rotatable bonds is 3. The van der Waals surface area contributed by atoms with Gasteiger partial charge in [0.05, 0.1) is 0 Å². The predicted molar refractivity (Wildman–Crippen MR) is 33.9 cm³/mol. The maximum Gasteiger partial charge on any atom is 0.292 e. The molecule has 0 amide bonds. The van der Waals surface area contributed by atoms with Crippen LogP contribution in [0.4, 0.5) is 0 Å². The topological polar surface area (TPSA) is 60.7 Å². The molecule has 3 nitrogen and oxygen atoms in total. The largest absolute Gasteiger partial charge is 0.342 e. The minimum Gasteiger partial charge on any atom is -0.342 e. The van der Waals surface area contributed by atoms with Gasteiger partial charge in [-0.2, -0.15) is 0 Å². The Hall–Kier alpha value is 0.170. The second-order valence-electron chi connectivity index (χ2n) is 1.94. The van der Waals surface area contributed by atoms with Crippen molar-refractivity contribution in [3.8, 4) is 0 Å². The zero-order chi connectivity index (χ0) is 7.49. The third-order valence-corrected chi connectivity index (χ3v) is 1.47. The molecule has 9 heavy (non-hydrogen) atoms. The normalized spacial score (nSPS) is 15.7. The molecule has 0 aromatic heterocycles. The van der Waals surface area contributed by atoms with Crippen molar-refractivity contribution in [2.45, 2.75) is 31.1 Å². The fourth-order valence-electron chi connectivity index (χ4n) is 0.447. The van der Waals surface area contributed by atoms with E-state index in [0.717, 1.165) is 0 Å². The molecule has 0 aliphatic heterocycles. The summed E-state index contributed by atoms with van der Waals surface area (Å²) in [5.41, 5.74) is 0. The first-order valence-corrected chi connectivity index (χ1v) is 3.23. The van der Waals surface area contributed by atoms with E-state index < -0.39 is 11.4 Å². The number of halogens is 1. The van der Waals surface area contributed by atoms with Crippen LogP contribution in [0.5, 0.6) is 0 Å². The minimum atomic E-state index is -2.72. The van der Waals surface area contributed by atoms with E-state index in [0.29, 0.717) is 12.8 Å². The Kier molecular flexibility index (Phi) is 3.43. The van der Waals surface area contributed by atoms with Gasteiger partial charge in [-0.1, -0.05) is 13.3 Å². The first-order valence-electron chi connectivity index (χ1n) is 2.79. The van der Waals surface area contributed by atoms with Crippen LogP contribution in [0.15, 0.2) is 0 Å². The number of aliphatic hydroxyl groups is 3. The van der Waals surface area contributed by atoms with Crippen LogP contribution in [0, 0.1) is 0 Å². The number of hydrogen-bond acceptors (Lipinski definition) is 3. The molecule has 0 bridgehead atoms. The van der Waals surface area contributed by atoms with Crippen LogP contribution < -0.4 is 0 Å². The first-order chi connectivity index (χ1) is 3.98. The molecule has 0 heterocycles. The van der Waals surface area contributed by atoms with E-state index in [1.165, 1.54) is 0 Å². The van der Waals surface area contributed by atoms with Crippen molar-refractivity contribution in [1.29, 1.82) is 0 Å². The Morgan fingerprint density at radius 1 is 1.44 bits per heavy atom. The van der Waals surface area contributed by atoms with Crippen LogP contribution in [0.2, 0.25) is 0 Å². The summed E-state index contributed by atoms with van der Waals surface area (Å²) in [6.07, 6.45) is 1.09. The van der Waals surface area contributed by atoms with Gasteiger partial charge in [-0.25, -0.2) is 0 Å². The molecule has 3 N–H and O–H groups in total. The Bertz CT molecular complexity index is 78.8. The molecule has 1 unspecified atom stereocenters. The molecule has 56 valence electrons. The number of alkyl halides is 1. The molecule has 0 aliphatic rings. The highest BCUT2D eigenvalue weighted by Gasteiger charge is 2.28. The molecule has 0 aromatic rings. The molecule has 0 aromatic carbocycles. The Balaban J connectivity index is 3.59. The van der Waals surface area contributed by atoms with Crippen LogP contribution >= 0.6 is 11.6 Å². The van der Waals surface area contributed by atoms with Crippen molar-refractivity contribution in [3.63, 3.8) is 0 Å². The molecular formula is C5H11ClO3. The second kappa shape index (κ2) is 3.37. The predicted octanol–water partition coefficient (Wildman–Crippen LogP) is 0.0246. The van der Waals surface area contributed by atoms with Crippen molar-refractivity contribution in [1.82, 2.24) is 0 Å². The maximum absolute atomic E-state index is 8.40. The lowest BCUT2D eigenvalue weighted by Crippen LogP contribution is -2.38. The molecule has 0 saturated carbocycles. The van der Waals surface area contributed by atoms with Crippen LogP contribution in [0.1, 0.15) is 19.8 Å². The lowest BCUT2D eigenvalue weighted by Gasteiger charge is -2.18. The van der Waals surface area contributed by atoms with Gasteiger partial charge >= 0.3 is 0 Å². The highest BCUT2D eigenvalue weighted by molar-refractivity contribution is 6.21. The smallest absolute Gasteiger partial charge is 0.292 e. The number of hydrogen-bond donors (Lipinski definition) is 3. The van der Waals surface area contributed by atoms with Gasteiger partial charge in [0, 0.05) is 0 Å². The monoisotopic (exact) mass is 154 g/mol. The van der Waals surface area contributed by atoms with Crippen LogP contribution in [-0.4, -0.2) is 26.7 Å². The zero-order valence-corrected chi connectivity index (χ0v) is 5.97. The van der Waals surface area contributed by atoms with Crippen molar-refractivity contribution in [3.05, 3.63) is 0 Å². The Morgan fingerprint density at radius 3 is 2.00 bits per heavy atom. The van der Waals surface area contributed by atoms with E-state index in [1.807, 2.05) is 6.92 Å². The zero-order valence-electron chi connectivity index (χ0n) is 5.21. The first kappa shape index (κ1) is 9.17. The average Bonchev–Trinajstić information content (AvgIpc) is 1.64.